The van der Waals surface area contributed by atoms with Crippen LogP contribution in [0.2, 0.25) is 0 Å². The predicted molar refractivity (Wildman–Crippen MR) is 59.2 cm³/mol. The summed E-state index contributed by atoms with van der Waals surface area (Å²) >= 11 is 0. The van der Waals surface area contributed by atoms with E-state index < -0.39 is 0 Å². The molecule has 1 aromatic rings. The third kappa shape index (κ3) is 2.76. The average Bonchev–Trinajstić information content (AvgIpc) is 2.19. The van der Waals surface area contributed by atoms with Gasteiger partial charge in [0.05, 0.1) is 6.21 Å². The zero-order valence-corrected chi connectivity index (χ0v) is 7.94. The van der Waals surface area contributed by atoms with E-state index in [1.54, 1.807) is 0 Å². The smallest absolute Gasteiger partial charge is 0.153 e. The highest BCUT2D eigenvalue weighted by Crippen LogP contribution is 2.02. The Morgan fingerprint density at radius 3 is 2.64 bits per heavy atom. The molecule has 0 unspecified atom stereocenters. The number of rotatable bonds is 2. The maximum atomic E-state index is 5.65. The van der Waals surface area contributed by atoms with Gasteiger partial charge < -0.3 is 5.73 Å². The monoisotopic (exact) mass is 185 g/mol. The zero-order valence-electron chi connectivity index (χ0n) is 7.94. The fraction of sp³-hybridized carbons (Fsp3) is 0.0909. The minimum Gasteiger partial charge on any atom is -0.382 e. The van der Waals surface area contributed by atoms with Crippen molar-refractivity contribution in [3.05, 3.63) is 35.4 Å². The normalized spacial score (nSPS) is 11.6. The summed E-state index contributed by atoms with van der Waals surface area (Å²) in [6.07, 6.45) is 6.21. The fourth-order valence-electron chi connectivity index (χ4n) is 0.906. The lowest BCUT2D eigenvalue weighted by Gasteiger charge is -1.98. The highest BCUT2D eigenvalue weighted by Gasteiger charge is 1.95. The molecule has 0 aliphatic heterocycles. The van der Waals surface area contributed by atoms with E-state index in [1.165, 1.54) is 11.8 Å². The first kappa shape index (κ1) is 10.0. The highest BCUT2D eigenvalue weighted by atomic mass is 15.2. The minimum atomic E-state index is 0.358. The summed E-state index contributed by atoms with van der Waals surface area (Å²) in [4.78, 5) is 0. The molecule has 1 rings (SSSR count). The second kappa shape index (κ2) is 4.83. The van der Waals surface area contributed by atoms with E-state index >= 15 is 0 Å². The van der Waals surface area contributed by atoms with Crippen LogP contribution in [-0.2, 0) is 0 Å². The minimum absolute atomic E-state index is 0.358. The average molecular weight is 185 g/mol. The molecular formula is C11H11N3. The molecule has 0 spiro atoms. The summed E-state index contributed by atoms with van der Waals surface area (Å²) < 4.78 is 0. The van der Waals surface area contributed by atoms with E-state index in [2.05, 4.69) is 16.1 Å². The zero-order chi connectivity index (χ0) is 10.4. The molecule has 0 aliphatic carbocycles. The number of amidine groups is 1. The molecule has 0 radical (unpaired) electrons. The molecule has 3 nitrogen and oxygen atoms in total. The molecule has 0 aromatic heterocycles. The van der Waals surface area contributed by atoms with E-state index in [9.17, 15) is 0 Å². The Bertz CT molecular complexity index is 394. The number of hydrogen-bond acceptors (Lipinski definition) is 2. The van der Waals surface area contributed by atoms with Crippen LogP contribution in [0.1, 0.15) is 11.1 Å². The second-order valence-corrected chi connectivity index (χ2v) is 2.76. The first-order chi connectivity index (χ1) is 6.74. The van der Waals surface area contributed by atoms with Crippen LogP contribution in [0, 0.1) is 19.3 Å². The predicted octanol–water partition coefficient (Wildman–Crippen LogP) is 1.32. The maximum Gasteiger partial charge on any atom is 0.153 e. The topological polar surface area (TPSA) is 50.7 Å². The van der Waals surface area contributed by atoms with Crippen LogP contribution in [-0.4, -0.2) is 12.1 Å². The lowest BCUT2D eigenvalue weighted by atomic mass is 10.1. The number of nitrogens with zero attached hydrogens (tertiary/aromatic N) is 2. The fourth-order valence-corrected chi connectivity index (χ4v) is 0.906. The van der Waals surface area contributed by atoms with Gasteiger partial charge in [0.2, 0.25) is 0 Å². The van der Waals surface area contributed by atoms with Gasteiger partial charge in [-0.25, -0.2) is 0 Å². The van der Waals surface area contributed by atoms with Crippen LogP contribution in [0.5, 0.6) is 0 Å². The first-order valence-corrected chi connectivity index (χ1v) is 4.12. The van der Waals surface area contributed by atoms with Crippen molar-refractivity contribution in [2.24, 2.45) is 15.9 Å². The van der Waals surface area contributed by atoms with Gasteiger partial charge >= 0.3 is 0 Å². The SMILES string of the molecule is C#C/C=N/N=C(\N)c1ccc(C)cc1. The van der Waals surface area contributed by atoms with Crippen molar-refractivity contribution >= 4 is 12.1 Å². The summed E-state index contributed by atoms with van der Waals surface area (Å²) in [6.45, 7) is 2.01. The van der Waals surface area contributed by atoms with E-state index in [4.69, 9.17) is 12.2 Å². The summed E-state index contributed by atoms with van der Waals surface area (Å²) in [5, 5.41) is 7.33. The number of hydrogen-bond donors (Lipinski definition) is 1. The Hall–Kier alpha value is -2.08. The Morgan fingerprint density at radius 1 is 1.43 bits per heavy atom. The standard InChI is InChI=1S/C11H11N3/c1-3-8-13-14-11(12)10-6-4-9(2)5-7-10/h1,4-8H,2H3,(H2,12,14)/b13-8+. The molecule has 0 saturated carbocycles. The van der Waals surface area contributed by atoms with E-state index in [-0.39, 0.29) is 0 Å². The number of aryl methyl sites for hydroxylation is 1. The van der Waals surface area contributed by atoms with Gasteiger partial charge in [0.1, 0.15) is 0 Å². The second-order valence-electron chi connectivity index (χ2n) is 2.76. The van der Waals surface area contributed by atoms with Gasteiger partial charge in [-0.15, -0.1) is 16.6 Å². The first-order valence-electron chi connectivity index (χ1n) is 4.12. The molecule has 14 heavy (non-hydrogen) atoms. The highest BCUT2D eigenvalue weighted by molar-refractivity contribution is 5.97. The van der Waals surface area contributed by atoms with Crippen LogP contribution in [0.4, 0.5) is 0 Å². The molecule has 0 heterocycles. The number of benzene rings is 1. The molecule has 3 heteroatoms. The Morgan fingerprint density at radius 2 is 2.07 bits per heavy atom. The Labute approximate surface area is 83.4 Å². The maximum absolute atomic E-state index is 5.65. The van der Waals surface area contributed by atoms with Crippen LogP contribution in [0.25, 0.3) is 0 Å². The van der Waals surface area contributed by atoms with Crippen molar-refractivity contribution in [2.75, 3.05) is 0 Å². The van der Waals surface area contributed by atoms with Crippen molar-refractivity contribution in [1.82, 2.24) is 0 Å². The van der Waals surface area contributed by atoms with Crippen LogP contribution in [0.15, 0.2) is 34.5 Å². The lowest BCUT2D eigenvalue weighted by Crippen LogP contribution is -2.12. The molecule has 0 aliphatic rings. The van der Waals surface area contributed by atoms with Gasteiger partial charge in [-0.2, -0.15) is 0 Å². The third-order valence-electron chi connectivity index (χ3n) is 1.65. The van der Waals surface area contributed by atoms with Crippen molar-refractivity contribution in [3.63, 3.8) is 0 Å². The quantitative estimate of drug-likeness (QED) is 0.321. The number of terminal acetylenes is 1. The third-order valence-corrected chi connectivity index (χ3v) is 1.65. The van der Waals surface area contributed by atoms with E-state index in [0.717, 1.165) is 5.56 Å². The molecule has 0 saturated heterocycles. The molecule has 0 atom stereocenters. The molecule has 0 fully saturated rings. The van der Waals surface area contributed by atoms with Crippen molar-refractivity contribution in [1.29, 1.82) is 0 Å². The lowest BCUT2D eigenvalue weighted by molar-refractivity contribution is 1.23. The van der Waals surface area contributed by atoms with Crippen molar-refractivity contribution in [3.8, 4) is 12.3 Å². The van der Waals surface area contributed by atoms with Crippen molar-refractivity contribution < 1.29 is 0 Å². The van der Waals surface area contributed by atoms with Gasteiger partial charge in [0, 0.05) is 5.56 Å². The summed E-state index contributed by atoms with van der Waals surface area (Å²) in [5.41, 5.74) is 7.67. The molecule has 70 valence electrons. The van der Waals surface area contributed by atoms with Crippen LogP contribution < -0.4 is 5.73 Å². The van der Waals surface area contributed by atoms with Gasteiger partial charge in [0.25, 0.3) is 0 Å². The Kier molecular flexibility index (Phi) is 3.45. The molecule has 0 amide bonds. The van der Waals surface area contributed by atoms with Crippen molar-refractivity contribution in [2.45, 2.75) is 6.92 Å². The van der Waals surface area contributed by atoms with Gasteiger partial charge in [0.15, 0.2) is 5.84 Å². The number of nitrogens with two attached hydrogens (primary N) is 1. The van der Waals surface area contributed by atoms with E-state index in [1.807, 2.05) is 31.2 Å². The van der Waals surface area contributed by atoms with Gasteiger partial charge in [-0.1, -0.05) is 35.7 Å². The summed E-state index contributed by atoms with van der Waals surface area (Å²) in [5.74, 6) is 2.59. The molecular weight excluding hydrogens is 174 g/mol. The largest absolute Gasteiger partial charge is 0.382 e. The molecule has 2 N–H and O–H groups in total. The summed E-state index contributed by atoms with van der Waals surface area (Å²) in [7, 11) is 0. The molecule has 0 bridgehead atoms. The van der Waals surface area contributed by atoms with Crippen LogP contribution >= 0.6 is 0 Å². The van der Waals surface area contributed by atoms with Gasteiger partial charge in [-0.3, -0.25) is 0 Å². The Balaban J connectivity index is 2.85. The van der Waals surface area contributed by atoms with Gasteiger partial charge in [-0.05, 0) is 6.92 Å². The molecule has 1 aromatic carbocycles. The van der Waals surface area contributed by atoms with E-state index in [0.29, 0.717) is 5.84 Å². The summed E-state index contributed by atoms with van der Waals surface area (Å²) in [6, 6.07) is 7.70. The van der Waals surface area contributed by atoms with Crippen LogP contribution in [0.3, 0.4) is 0 Å².